The number of primary amides is 1. The van der Waals surface area contributed by atoms with Crippen LogP contribution in [0.4, 0.5) is 8.78 Å². The van der Waals surface area contributed by atoms with Crippen molar-refractivity contribution in [2.45, 2.75) is 43.8 Å². The zero-order chi connectivity index (χ0) is 15.0. The molecule has 3 rings (SSSR count). The molecule has 1 aliphatic heterocycles. The number of likely N-dealkylation sites (tertiary alicyclic amines) is 1. The zero-order valence-corrected chi connectivity index (χ0v) is 11.9. The zero-order valence-electron chi connectivity index (χ0n) is 11.9. The van der Waals surface area contributed by atoms with E-state index in [-0.39, 0.29) is 24.6 Å². The number of hydrogen-bond donors (Lipinski definition) is 1. The molecule has 1 aromatic rings. The van der Waals surface area contributed by atoms with Crippen LogP contribution in [0.1, 0.15) is 42.7 Å². The Morgan fingerprint density at radius 1 is 1.33 bits per heavy atom. The summed E-state index contributed by atoms with van der Waals surface area (Å²) in [6.07, 6.45) is 2.47. The lowest BCUT2D eigenvalue weighted by Crippen LogP contribution is -2.49. The number of nitrogens with zero attached hydrogens (tertiary/aromatic N) is 1. The van der Waals surface area contributed by atoms with Crippen LogP contribution in [0, 0.1) is 5.82 Å². The standard InChI is InChI=1S/C16H20F2N2O/c17-14-7-11(13-8-16(18,9-13)15(19)21)3-4-12(14)10-20-5-1-2-6-20/h3-4,7,13H,1-2,5-6,8-10H2,(H2,19,21). The van der Waals surface area contributed by atoms with Crippen LogP contribution >= 0.6 is 0 Å². The van der Waals surface area contributed by atoms with E-state index in [1.54, 1.807) is 6.07 Å². The van der Waals surface area contributed by atoms with Gasteiger partial charge in [0.2, 0.25) is 0 Å². The van der Waals surface area contributed by atoms with Crippen molar-refractivity contribution in [2.24, 2.45) is 5.73 Å². The van der Waals surface area contributed by atoms with Gasteiger partial charge in [0.1, 0.15) is 5.82 Å². The van der Waals surface area contributed by atoms with Gasteiger partial charge in [-0.15, -0.1) is 0 Å². The first-order valence-electron chi connectivity index (χ1n) is 7.47. The highest BCUT2D eigenvalue weighted by atomic mass is 19.1. The quantitative estimate of drug-likeness (QED) is 0.927. The van der Waals surface area contributed by atoms with Gasteiger partial charge in [-0.05, 0) is 56.3 Å². The third-order valence-electron chi connectivity index (χ3n) is 4.72. The van der Waals surface area contributed by atoms with Gasteiger partial charge in [-0.1, -0.05) is 12.1 Å². The summed E-state index contributed by atoms with van der Waals surface area (Å²) in [4.78, 5) is 13.2. The number of hydrogen-bond acceptors (Lipinski definition) is 2. The van der Waals surface area contributed by atoms with Gasteiger partial charge in [-0.2, -0.15) is 0 Å². The summed E-state index contributed by atoms with van der Waals surface area (Å²) in [5.41, 5.74) is 4.56. The lowest BCUT2D eigenvalue weighted by atomic mass is 9.68. The molecule has 0 atom stereocenters. The topological polar surface area (TPSA) is 46.3 Å². The number of rotatable bonds is 4. The smallest absolute Gasteiger partial charge is 0.255 e. The van der Waals surface area contributed by atoms with Gasteiger partial charge in [0.15, 0.2) is 5.67 Å². The van der Waals surface area contributed by atoms with Crippen molar-refractivity contribution < 1.29 is 13.6 Å². The maximum absolute atomic E-state index is 14.2. The summed E-state index contributed by atoms with van der Waals surface area (Å²) in [6.45, 7) is 2.67. The molecule has 0 unspecified atom stereocenters. The summed E-state index contributed by atoms with van der Waals surface area (Å²) < 4.78 is 28.0. The molecule has 114 valence electrons. The van der Waals surface area contributed by atoms with Crippen LogP contribution in [0.5, 0.6) is 0 Å². The van der Waals surface area contributed by atoms with E-state index >= 15 is 0 Å². The Kier molecular flexibility index (Phi) is 3.69. The largest absolute Gasteiger partial charge is 0.367 e. The minimum atomic E-state index is -1.91. The van der Waals surface area contributed by atoms with Crippen LogP contribution in [0.15, 0.2) is 18.2 Å². The number of halogens is 2. The Morgan fingerprint density at radius 2 is 2.00 bits per heavy atom. The molecule has 1 heterocycles. The highest BCUT2D eigenvalue weighted by molar-refractivity contribution is 5.84. The fourth-order valence-corrected chi connectivity index (χ4v) is 3.29. The molecule has 0 aromatic heterocycles. The van der Waals surface area contributed by atoms with Crippen LogP contribution in [0.3, 0.4) is 0 Å². The average Bonchev–Trinajstić information content (AvgIpc) is 2.90. The third-order valence-corrected chi connectivity index (χ3v) is 4.72. The predicted molar refractivity (Wildman–Crippen MR) is 75.9 cm³/mol. The highest BCUT2D eigenvalue weighted by Crippen LogP contribution is 2.47. The molecule has 0 spiro atoms. The molecule has 0 radical (unpaired) electrons. The molecular weight excluding hydrogens is 274 g/mol. The number of nitrogens with two attached hydrogens (primary N) is 1. The number of benzene rings is 1. The number of alkyl halides is 1. The molecule has 1 amide bonds. The van der Waals surface area contributed by atoms with Gasteiger partial charge >= 0.3 is 0 Å². The Balaban J connectivity index is 1.66. The first-order chi connectivity index (χ1) is 9.98. The summed E-state index contributed by atoms with van der Waals surface area (Å²) in [5, 5.41) is 0. The molecule has 2 fully saturated rings. The summed E-state index contributed by atoms with van der Waals surface area (Å²) in [7, 11) is 0. The van der Waals surface area contributed by atoms with Crippen LogP contribution in [-0.4, -0.2) is 29.6 Å². The maximum Gasteiger partial charge on any atom is 0.255 e. The van der Waals surface area contributed by atoms with Crippen LogP contribution in [-0.2, 0) is 11.3 Å². The minimum Gasteiger partial charge on any atom is -0.367 e. The van der Waals surface area contributed by atoms with Crippen LogP contribution < -0.4 is 5.73 Å². The second-order valence-electron chi connectivity index (χ2n) is 6.27. The Hall–Kier alpha value is -1.49. The average molecular weight is 294 g/mol. The van der Waals surface area contributed by atoms with E-state index in [0.717, 1.165) is 18.7 Å². The molecule has 5 heteroatoms. The molecule has 0 bridgehead atoms. The van der Waals surface area contributed by atoms with Gasteiger partial charge in [-0.3, -0.25) is 9.69 Å². The van der Waals surface area contributed by atoms with Gasteiger partial charge in [0.25, 0.3) is 5.91 Å². The lowest BCUT2D eigenvalue weighted by Gasteiger charge is -2.39. The normalized spacial score (nSPS) is 29.3. The Morgan fingerprint density at radius 3 is 2.57 bits per heavy atom. The first-order valence-corrected chi connectivity index (χ1v) is 7.47. The van der Waals surface area contributed by atoms with E-state index in [0.29, 0.717) is 12.1 Å². The summed E-state index contributed by atoms with van der Waals surface area (Å²) in [6, 6.07) is 5.11. The molecule has 1 aromatic carbocycles. The van der Waals surface area contributed by atoms with Gasteiger partial charge in [0, 0.05) is 12.1 Å². The SMILES string of the molecule is NC(=O)C1(F)CC(c2ccc(CN3CCCC3)c(F)c2)C1. The molecule has 1 saturated heterocycles. The van der Waals surface area contributed by atoms with Crippen LogP contribution in [0.25, 0.3) is 0 Å². The van der Waals surface area contributed by atoms with E-state index in [4.69, 9.17) is 5.73 Å². The number of amides is 1. The van der Waals surface area contributed by atoms with E-state index in [2.05, 4.69) is 4.90 Å². The Labute approximate surface area is 123 Å². The fraction of sp³-hybridized carbons (Fsp3) is 0.562. The molecule has 2 aliphatic rings. The molecule has 1 saturated carbocycles. The van der Waals surface area contributed by atoms with Crippen molar-refractivity contribution >= 4 is 5.91 Å². The van der Waals surface area contributed by atoms with E-state index in [9.17, 15) is 13.6 Å². The highest BCUT2D eigenvalue weighted by Gasteiger charge is 2.50. The second kappa shape index (κ2) is 5.37. The van der Waals surface area contributed by atoms with Crippen LogP contribution in [0.2, 0.25) is 0 Å². The predicted octanol–water partition coefficient (Wildman–Crippen LogP) is 2.49. The molecule has 21 heavy (non-hydrogen) atoms. The number of carbonyl (C=O) groups is 1. The first kappa shape index (κ1) is 14.4. The van der Waals surface area contributed by atoms with Crippen molar-refractivity contribution in [3.63, 3.8) is 0 Å². The molecule has 3 nitrogen and oxygen atoms in total. The van der Waals surface area contributed by atoms with Crippen molar-refractivity contribution in [2.75, 3.05) is 13.1 Å². The van der Waals surface area contributed by atoms with Crippen molar-refractivity contribution in [1.29, 1.82) is 0 Å². The summed E-state index contributed by atoms with van der Waals surface area (Å²) in [5.74, 6) is -1.27. The fourth-order valence-electron chi connectivity index (χ4n) is 3.29. The maximum atomic E-state index is 14.2. The third kappa shape index (κ3) is 2.79. The number of carbonyl (C=O) groups excluding carboxylic acids is 1. The second-order valence-corrected chi connectivity index (χ2v) is 6.27. The summed E-state index contributed by atoms with van der Waals surface area (Å²) >= 11 is 0. The van der Waals surface area contributed by atoms with Gasteiger partial charge in [-0.25, -0.2) is 8.78 Å². The van der Waals surface area contributed by atoms with E-state index < -0.39 is 11.6 Å². The molecule has 2 N–H and O–H groups in total. The van der Waals surface area contributed by atoms with Crippen molar-refractivity contribution in [3.05, 3.63) is 35.1 Å². The lowest BCUT2D eigenvalue weighted by molar-refractivity contribution is -0.136. The van der Waals surface area contributed by atoms with Gasteiger partial charge < -0.3 is 5.73 Å². The van der Waals surface area contributed by atoms with Crippen molar-refractivity contribution in [1.82, 2.24) is 4.90 Å². The van der Waals surface area contributed by atoms with Crippen molar-refractivity contribution in [3.8, 4) is 0 Å². The molecular formula is C16H20F2N2O. The molecule has 1 aliphatic carbocycles. The monoisotopic (exact) mass is 294 g/mol. The van der Waals surface area contributed by atoms with Gasteiger partial charge in [0.05, 0.1) is 0 Å². The van der Waals surface area contributed by atoms with E-state index in [1.807, 2.05) is 6.07 Å². The minimum absolute atomic E-state index is 0.0627. The van der Waals surface area contributed by atoms with E-state index in [1.165, 1.54) is 18.9 Å². The Bertz CT molecular complexity index is 549.